The van der Waals surface area contributed by atoms with Crippen molar-refractivity contribution in [3.8, 4) is 5.75 Å². The van der Waals surface area contributed by atoms with Crippen LogP contribution >= 0.6 is 11.6 Å². The number of alkyl halides is 3. The van der Waals surface area contributed by atoms with Crippen LogP contribution in [-0.2, 0) is 17.7 Å². The molecule has 0 spiro atoms. The maximum atomic E-state index is 12.4. The third-order valence-corrected chi connectivity index (χ3v) is 6.53. The van der Waals surface area contributed by atoms with Crippen molar-refractivity contribution in [2.24, 2.45) is 5.92 Å². The molecule has 4 heterocycles. The first kappa shape index (κ1) is 23.1. The molecule has 178 valence electrons. The Hall–Kier alpha value is -2.68. The van der Waals surface area contributed by atoms with E-state index in [1.807, 2.05) is 18.2 Å². The molecule has 2 aliphatic rings. The van der Waals surface area contributed by atoms with Crippen LogP contribution in [0, 0.1) is 5.92 Å². The van der Waals surface area contributed by atoms with Crippen molar-refractivity contribution in [3.63, 3.8) is 0 Å². The molecule has 0 aliphatic carbocycles. The third-order valence-electron chi connectivity index (χ3n) is 6.30. The first-order valence-corrected chi connectivity index (χ1v) is 11.5. The van der Waals surface area contributed by atoms with Crippen LogP contribution < -0.4 is 4.74 Å². The van der Waals surface area contributed by atoms with Gasteiger partial charge < -0.3 is 9.47 Å². The summed E-state index contributed by atoms with van der Waals surface area (Å²) in [5.41, 5.74) is 3.71. The van der Waals surface area contributed by atoms with Crippen molar-refractivity contribution in [2.45, 2.75) is 38.0 Å². The first-order chi connectivity index (χ1) is 16.3. The fourth-order valence-corrected chi connectivity index (χ4v) is 4.98. The van der Waals surface area contributed by atoms with Gasteiger partial charge in [-0.15, -0.1) is 13.2 Å². The summed E-state index contributed by atoms with van der Waals surface area (Å²) in [6.45, 7) is 2.27. The fraction of sp³-hybridized carbons (Fsp3) is 0.360. The highest BCUT2D eigenvalue weighted by atomic mass is 35.5. The van der Waals surface area contributed by atoms with E-state index in [1.54, 1.807) is 30.6 Å². The Bertz CT molecular complexity index is 1140. The number of aromatic nitrogens is 2. The van der Waals surface area contributed by atoms with Crippen molar-refractivity contribution < 1.29 is 22.6 Å². The van der Waals surface area contributed by atoms with Crippen LogP contribution in [0.25, 0.3) is 0 Å². The lowest BCUT2D eigenvalue weighted by molar-refractivity contribution is -0.274. The van der Waals surface area contributed by atoms with E-state index in [-0.39, 0.29) is 23.9 Å². The summed E-state index contributed by atoms with van der Waals surface area (Å²) < 4.78 is 47.8. The summed E-state index contributed by atoms with van der Waals surface area (Å²) in [6, 6.07) is 13.6. The van der Waals surface area contributed by atoms with E-state index in [0.717, 1.165) is 48.4 Å². The normalized spacial score (nSPS) is 23.0. The zero-order valence-corrected chi connectivity index (χ0v) is 19.0. The van der Waals surface area contributed by atoms with E-state index >= 15 is 0 Å². The van der Waals surface area contributed by atoms with Crippen LogP contribution in [-0.4, -0.2) is 40.4 Å². The number of hydrogen-bond donors (Lipinski definition) is 0. The average Bonchev–Trinajstić information content (AvgIpc) is 2.96. The van der Waals surface area contributed by atoms with Crippen molar-refractivity contribution in [1.29, 1.82) is 0 Å². The summed E-state index contributed by atoms with van der Waals surface area (Å²) in [5.74, 6) is 0.0231. The number of nitrogens with zero attached hydrogens (tertiary/aromatic N) is 3. The van der Waals surface area contributed by atoms with Gasteiger partial charge in [-0.05, 0) is 48.7 Å². The highest BCUT2D eigenvalue weighted by Gasteiger charge is 2.37. The molecule has 0 N–H and O–H groups in total. The molecule has 2 aliphatic heterocycles. The van der Waals surface area contributed by atoms with Crippen LogP contribution in [0.1, 0.15) is 35.0 Å². The van der Waals surface area contributed by atoms with E-state index in [4.69, 9.17) is 16.3 Å². The summed E-state index contributed by atoms with van der Waals surface area (Å²) in [6.07, 6.45) is 0.132. The number of ether oxygens (including phenoxy) is 2. The molecule has 2 aromatic heterocycles. The summed E-state index contributed by atoms with van der Waals surface area (Å²) in [7, 11) is 0. The minimum absolute atomic E-state index is 0.0405. The van der Waals surface area contributed by atoms with Gasteiger partial charge in [-0.1, -0.05) is 29.8 Å². The van der Waals surface area contributed by atoms with E-state index in [1.165, 1.54) is 12.1 Å². The molecule has 5 rings (SSSR count). The Morgan fingerprint density at radius 1 is 1.09 bits per heavy atom. The second-order valence-electron chi connectivity index (χ2n) is 8.67. The first-order valence-electron chi connectivity index (χ1n) is 11.1. The fourth-order valence-electron chi connectivity index (χ4n) is 4.81. The number of benzene rings is 1. The van der Waals surface area contributed by atoms with Crippen molar-refractivity contribution >= 4 is 11.6 Å². The number of hydrogen-bond acceptors (Lipinski definition) is 5. The number of rotatable bonds is 4. The van der Waals surface area contributed by atoms with Gasteiger partial charge in [0, 0.05) is 54.2 Å². The zero-order chi connectivity index (χ0) is 23.7. The topological polar surface area (TPSA) is 47.5 Å². The maximum Gasteiger partial charge on any atom is 0.573 e. The average molecular weight is 490 g/mol. The molecule has 3 unspecified atom stereocenters. The Morgan fingerprint density at radius 3 is 2.68 bits per heavy atom. The lowest BCUT2D eigenvalue weighted by Gasteiger charge is -2.38. The Morgan fingerprint density at radius 2 is 1.91 bits per heavy atom. The van der Waals surface area contributed by atoms with Crippen molar-refractivity contribution in [2.75, 3.05) is 13.1 Å². The smallest absolute Gasteiger partial charge is 0.406 e. The summed E-state index contributed by atoms with van der Waals surface area (Å²) >= 11 is 6.23. The second-order valence-corrected chi connectivity index (χ2v) is 9.11. The van der Waals surface area contributed by atoms with Crippen LogP contribution in [0.2, 0.25) is 5.02 Å². The van der Waals surface area contributed by atoms with Crippen LogP contribution in [0.5, 0.6) is 5.75 Å². The molecule has 3 aromatic rings. The Labute approximate surface area is 200 Å². The maximum absolute atomic E-state index is 12.4. The number of fused-ring (bicyclic) bond motifs is 2. The molecular formula is C25H23ClF3N3O2. The summed E-state index contributed by atoms with van der Waals surface area (Å²) in [4.78, 5) is 11.5. The zero-order valence-electron chi connectivity index (χ0n) is 18.2. The van der Waals surface area contributed by atoms with Gasteiger partial charge in [-0.3, -0.25) is 14.9 Å². The van der Waals surface area contributed by atoms with Gasteiger partial charge in [-0.2, -0.15) is 0 Å². The molecule has 1 saturated heterocycles. The van der Waals surface area contributed by atoms with Gasteiger partial charge in [0.05, 0.1) is 11.8 Å². The molecular weight excluding hydrogens is 467 g/mol. The molecule has 3 atom stereocenters. The Kier molecular flexibility index (Phi) is 6.46. The van der Waals surface area contributed by atoms with Gasteiger partial charge in [0.15, 0.2) is 0 Å². The largest absolute Gasteiger partial charge is 0.573 e. The van der Waals surface area contributed by atoms with Crippen molar-refractivity contribution in [1.82, 2.24) is 14.9 Å². The Balaban J connectivity index is 1.31. The van der Waals surface area contributed by atoms with Crippen LogP contribution in [0.3, 0.4) is 0 Å². The monoisotopic (exact) mass is 489 g/mol. The molecule has 0 radical (unpaired) electrons. The van der Waals surface area contributed by atoms with Crippen LogP contribution in [0.4, 0.5) is 13.2 Å². The molecule has 0 bridgehead atoms. The van der Waals surface area contributed by atoms with Gasteiger partial charge in [-0.25, -0.2) is 0 Å². The molecule has 0 saturated carbocycles. The predicted octanol–water partition coefficient (Wildman–Crippen LogP) is 5.58. The lowest BCUT2D eigenvalue weighted by atomic mass is 9.89. The molecule has 9 heteroatoms. The van der Waals surface area contributed by atoms with Gasteiger partial charge in [0.25, 0.3) is 0 Å². The molecule has 5 nitrogen and oxygen atoms in total. The number of piperidine rings is 1. The third kappa shape index (κ3) is 5.35. The van der Waals surface area contributed by atoms with E-state index < -0.39 is 6.36 Å². The minimum Gasteiger partial charge on any atom is -0.406 e. The molecule has 0 amide bonds. The van der Waals surface area contributed by atoms with Crippen molar-refractivity contribution in [3.05, 3.63) is 88.5 Å². The highest BCUT2D eigenvalue weighted by molar-refractivity contribution is 6.30. The van der Waals surface area contributed by atoms with E-state index in [9.17, 15) is 13.2 Å². The lowest BCUT2D eigenvalue weighted by Crippen LogP contribution is -2.44. The van der Waals surface area contributed by atoms with E-state index in [0.29, 0.717) is 11.6 Å². The number of halogens is 4. The molecule has 1 aromatic carbocycles. The van der Waals surface area contributed by atoms with Gasteiger partial charge >= 0.3 is 6.36 Å². The van der Waals surface area contributed by atoms with Crippen LogP contribution in [0.15, 0.2) is 60.9 Å². The van der Waals surface area contributed by atoms with Gasteiger partial charge in [0.1, 0.15) is 11.9 Å². The number of pyridine rings is 2. The standard InChI is InChI=1S/C25H23ClF3N3O2/c26-18-7-10-31-22(13-18)24-20-2-1-9-30-21(20)12-17-15-32(11-8-23(17)33-24)14-16-3-5-19(6-4-16)34-25(27,28)29/h1-7,9-10,13,17,23-24H,8,11-12,14-15H2. The number of likely N-dealkylation sites (tertiary alicyclic amines) is 1. The predicted molar refractivity (Wildman–Crippen MR) is 120 cm³/mol. The SMILES string of the molecule is FC(F)(F)Oc1ccc(CN2CCC3OC(c4cc(Cl)ccn4)c4cccnc4CC3C2)cc1. The molecule has 34 heavy (non-hydrogen) atoms. The highest BCUT2D eigenvalue weighted by Crippen LogP contribution is 2.38. The quantitative estimate of drug-likeness (QED) is 0.478. The van der Waals surface area contributed by atoms with E-state index in [2.05, 4.69) is 19.6 Å². The second kappa shape index (κ2) is 9.52. The molecule has 1 fully saturated rings. The van der Waals surface area contributed by atoms with Gasteiger partial charge in [0.2, 0.25) is 0 Å². The summed E-state index contributed by atoms with van der Waals surface area (Å²) in [5, 5.41) is 0.612. The minimum atomic E-state index is -4.69.